The van der Waals surface area contributed by atoms with Gasteiger partial charge in [-0.2, -0.15) is 0 Å². The van der Waals surface area contributed by atoms with E-state index in [1.807, 2.05) is 0 Å². The lowest BCUT2D eigenvalue weighted by Crippen LogP contribution is -2.10. The SMILES string of the molecule is CC(C)(C)c1ccc(CCC(=O)CCCBr)cc1. The number of hydrogen-bond donors (Lipinski definition) is 0. The van der Waals surface area contributed by atoms with E-state index < -0.39 is 0 Å². The van der Waals surface area contributed by atoms with Crippen LogP contribution in [0.25, 0.3) is 0 Å². The summed E-state index contributed by atoms with van der Waals surface area (Å²) in [5, 5.41) is 0.916. The fraction of sp³-hybridized carbons (Fsp3) is 0.562. The van der Waals surface area contributed by atoms with E-state index in [1.54, 1.807) is 0 Å². The topological polar surface area (TPSA) is 17.1 Å². The van der Waals surface area contributed by atoms with Crippen LogP contribution in [-0.2, 0) is 16.6 Å². The Morgan fingerprint density at radius 3 is 2.22 bits per heavy atom. The molecule has 100 valence electrons. The predicted molar refractivity (Wildman–Crippen MR) is 81.5 cm³/mol. The van der Waals surface area contributed by atoms with Crippen molar-refractivity contribution in [1.29, 1.82) is 0 Å². The number of carbonyl (C=O) groups excluding carboxylic acids is 1. The molecule has 0 aliphatic rings. The van der Waals surface area contributed by atoms with Crippen molar-refractivity contribution in [2.45, 2.75) is 51.9 Å². The second-order valence-electron chi connectivity index (χ2n) is 5.78. The summed E-state index contributed by atoms with van der Waals surface area (Å²) in [4.78, 5) is 11.6. The van der Waals surface area contributed by atoms with Crippen LogP contribution in [0.5, 0.6) is 0 Å². The van der Waals surface area contributed by atoms with Crippen LogP contribution in [0, 0.1) is 0 Å². The lowest BCUT2D eigenvalue weighted by molar-refractivity contribution is -0.119. The van der Waals surface area contributed by atoms with Crippen molar-refractivity contribution in [2.75, 3.05) is 5.33 Å². The number of aryl methyl sites for hydroxylation is 1. The quantitative estimate of drug-likeness (QED) is 0.698. The summed E-state index contributed by atoms with van der Waals surface area (Å²) in [6.07, 6.45) is 3.18. The highest BCUT2D eigenvalue weighted by atomic mass is 79.9. The smallest absolute Gasteiger partial charge is 0.133 e. The molecule has 0 N–H and O–H groups in total. The van der Waals surface area contributed by atoms with Gasteiger partial charge in [-0.25, -0.2) is 0 Å². The zero-order valence-electron chi connectivity index (χ0n) is 11.6. The summed E-state index contributed by atoms with van der Waals surface area (Å²) < 4.78 is 0. The monoisotopic (exact) mass is 310 g/mol. The molecule has 0 fully saturated rings. The minimum atomic E-state index is 0.199. The summed E-state index contributed by atoms with van der Waals surface area (Å²) in [5.41, 5.74) is 2.80. The first-order valence-electron chi connectivity index (χ1n) is 6.60. The largest absolute Gasteiger partial charge is 0.300 e. The predicted octanol–water partition coefficient (Wildman–Crippen LogP) is 4.66. The molecule has 0 bridgehead atoms. The Balaban J connectivity index is 2.47. The Labute approximate surface area is 119 Å². The van der Waals surface area contributed by atoms with Crippen molar-refractivity contribution in [3.05, 3.63) is 35.4 Å². The Kier molecular flexibility index (Phi) is 6.07. The van der Waals surface area contributed by atoms with E-state index in [9.17, 15) is 4.79 Å². The molecule has 18 heavy (non-hydrogen) atoms. The zero-order valence-corrected chi connectivity index (χ0v) is 13.2. The van der Waals surface area contributed by atoms with Gasteiger partial charge in [0.25, 0.3) is 0 Å². The van der Waals surface area contributed by atoms with Gasteiger partial charge in [0, 0.05) is 18.2 Å². The number of alkyl halides is 1. The maximum Gasteiger partial charge on any atom is 0.133 e. The first-order valence-corrected chi connectivity index (χ1v) is 7.72. The molecule has 0 spiro atoms. The average molecular weight is 311 g/mol. The minimum absolute atomic E-state index is 0.199. The second kappa shape index (κ2) is 7.08. The zero-order chi connectivity index (χ0) is 13.6. The van der Waals surface area contributed by atoms with Gasteiger partial charge in [-0.3, -0.25) is 4.79 Å². The molecule has 1 aromatic rings. The van der Waals surface area contributed by atoms with Crippen molar-refractivity contribution in [1.82, 2.24) is 0 Å². The molecule has 0 amide bonds. The van der Waals surface area contributed by atoms with Crippen LogP contribution in [0.1, 0.15) is 51.2 Å². The van der Waals surface area contributed by atoms with Gasteiger partial charge in [-0.15, -0.1) is 0 Å². The van der Waals surface area contributed by atoms with E-state index in [0.29, 0.717) is 18.6 Å². The molecule has 0 radical (unpaired) electrons. The van der Waals surface area contributed by atoms with Gasteiger partial charge in [0.05, 0.1) is 0 Å². The van der Waals surface area contributed by atoms with E-state index in [0.717, 1.165) is 18.2 Å². The van der Waals surface area contributed by atoms with Gasteiger partial charge in [0.1, 0.15) is 5.78 Å². The Hall–Kier alpha value is -0.630. The highest BCUT2D eigenvalue weighted by Crippen LogP contribution is 2.22. The molecule has 1 aromatic carbocycles. The molecule has 0 aliphatic carbocycles. The van der Waals surface area contributed by atoms with Crippen molar-refractivity contribution in [3.63, 3.8) is 0 Å². The van der Waals surface area contributed by atoms with Crippen LogP contribution in [0.3, 0.4) is 0 Å². The number of halogens is 1. The van der Waals surface area contributed by atoms with E-state index in [2.05, 4.69) is 61.0 Å². The van der Waals surface area contributed by atoms with Gasteiger partial charge in [0.15, 0.2) is 0 Å². The van der Waals surface area contributed by atoms with Crippen LogP contribution >= 0.6 is 15.9 Å². The fourth-order valence-electron chi connectivity index (χ4n) is 1.84. The lowest BCUT2D eigenvalue weighted by atomic mass is 9.86. The summed E-state index contributed by atoms with van der Waals surface area (Å²) in [7, 11) is 0. The maximum absolute atomic E-state index is 11.6. The summed E-state index contributed by atoms with van der Waals surface area (Å²) in [6.45, 7) is 6.64. The molecule has 1 nitrogen and oxygen atoms in total. The van der Waals surface area contributed by atoms with E-state index in [1.165, 1.54) is 11.1 Å². The number of Topliss-reactive ketones (excluding diaryl/α,β-unsaturated/α-hetero) is 1. The Morgan fingerprint density at radius 1 is 1.11 bits per heavy atom. The van der Waals surface area contributed by atoms with Crippen LogP contribution < -0.4 is 0 Å². The highest BCUT2D eigenvalue weighted by Gasteiger charge is 2.12. The van der Waals surface area contributed by atoms with Crippen LogP contribution in [0.4, 0.5) is 0 Å². The molecular weight excluding hydrogens is 288 g/mol. The summed E-state index contributed by atoms with van der Waals surface area (Å²) in [5.74, 6) is 0.370. The summed E-state index contributed by atoms with van der Waals surface area (Å²) in [6, 6.07) is 8.66. The van der Waals surface area contributed by atoms with E-state index in [4.69, 9.17) is 0 Å². The van der Waals surface area contributed by atoms with Gasteiger partial charge >= 0.3 is 0 Å². The first kappa shape index (κ1) is 15.4. The minimum Gasteiger partial charge on any atom is -0.300 e. The summed E-state index contributed by atoms with van der Waals surface area (Å²) >= 11 is 3.35. The number of ketones is 1. The van der Waals surface area contributed by atoms with Crippen LogP contribution in [0.15, 0.2) is 24.3 Å². The Bertz CT molecular complexity index is 373. The molecule has 0 saturated carbocycles. The lowest BCUT2D eigenvalue weighted by Gasteiger charge is -2.19. The maximum atomic E-state index is 11.6. The van der Waals surface area contributed by atoms with Crippen molar-refractivity contribution >= 4 is 21.7 Å². The third-order valence-electron chi connectivity index (χ3n) is 3.10. The standard InChI is InChI=1S/C16H23BrO/c1-16(2,3)14-9-6-13(7-10-14)8-11-15(18)5-4-12-17/h6-7,9-10H,4-5,8,11-12H2,1-3H3. The molecule has 0 aromatic heterocycles. The third kappa shape index (κ3) is 5.34. The van der Waals surface area contributed by atoms with Crippen molar-refractivity contribution < 1.29 is 4.79 Å². The first-order chi connectivity index (χ1) is 8.43. The Morgan fingerprint density at radius 2 is 1.72 bits per heavy atom. The second-order valence-corrected chi connectivity index (χ2v) is 6.57. The van der Waals surface area contributed by atoms with Crippen molar-refractivity contribution in [3.8, 4) is 0 Å². The van der Waals surface area contributed by atoms with Crippen LogP contribution in [0.2, 0.25) is 0 Å². The molecular formula is C16H23BrO. The highest BCUT2D eigenvalue weighted by molar-refractivity contribution is 9.09. The molecule has 2 heteroatoms. The fourth-order valence-corrected chi connectivity index (χ4v) is 2.12. The molecule has 0 saturated heterocycles. The molecule has 0 aliphatic heterocycles. The van der Waals surface area contributed by atoms with E-state index >= 15 is 0 Å². The number of benzene rings is 1. The number of hydrogen-bond acceptors (Lipinski definition) is 1. The normalized spacial score (nSPS) is 11.6. The molecule has 0 unspecified atom stereocenters. The number of carbonyl (C=O) groups is 1. The molecule has 0 heterocycles. The van der Waals surface area contributed by atoms with Crippen molar-refractivity contribution in [2.24, 2.45) is 0 Å². The number of rotatable bonds is 6. The van der Waals surface area contributed by atoms with Gasteiger partial charge in [-0.05, 0) is 29.4 Å². The van der Waals surface area contributed by atoms with Gasteiger partial charge in [-0.1, -0.05) is 61.0 Å². The van der Waals surface area contributed by atoms with Gasteiger partial charge in [0.2, 0.25) is 0 Å². The molecule has 1 rings (SSSR count). The average Bonchev–Trinajstić information content (AvgIpc) is 2.33. The van der Waals surface area contributed by atoms with Crippen LogP contribution in [-0.4, -0.2) is 11.1 Å². The van der Waals surface area contributed by atoms with Gasteiger partial charge < -0.3 is 0 Å². The van der Waals surface area contributed by atoms with E-state index in [-0.39, 0.29) is 5.41 Å². The third-order valence-corrected chi connectivity index (χ3v) is 3.66. The molecule has 0 atom stereocenters.